The fraction of sp³-hybridized carbons (Fsp3) is 0.462. The van der Waals surface area contributed by atoms with E-state index in [0.717, 1.165) is 0 Å². The zero-order valence-corrected chi connectivity index (χ0v) is 12.4. The highest BCUT2D eigenvalue weighted by Crippen LogP contribution is 2.48. The number of imidazole rings is 1. The van der Waals surface area contributed by atoms with E-state index in [1.165, 1.54) is 16.7 Å². The number of amides is 1. The maximum Gasteiger partial charge on any atom is 0.353 e. The van der Waals surface area contributed by atoms with Gasteiger partial charge in [0, 0.05) is 30.8 Å². The second kappa shape index (κ2) is 4.88. The van der Waals surface area contributed by atoms with Gasteiger partial charge in [0.05, 0.1) is 18.1 Å². The summed E-state index contributed by atoms with van der Waals surface area (Å²) in [7, 11) is 1.82. The van der Waals surface area contributed by atoms with Crippen molar-refractivity contribution in [2.45, 2.75) is 30.6 Å². The fourth-order valence-corrected chi connectivity index (χ4v) is 3.96. The van der Waals surface area contributed by atoms with Crippen molar-refractivity contribution >= 4 is 23.6 Å². The van der Waals surface area contributed by atoms with Crippen LogP contribution in [0.1, 0.15) is 13.3 Å². The van der Waals surface area contributed by atoms with E-state index in [1.807, 2.05) is 7.05 Å². The average molecular weight is 309 g/mol. The summed E-state index contributed by atoms with van der Waals surface area (Å²) in [6.45, 7) is 1.56. The SMILES string of the molecule is C[C@H](O)[C@@H]1C(=O)N2C(C(=O)O)=C(Sc3nccn3C)C[C@H]12. The van der Waals surface area contributed by atoms with E-state index in [1.54, 1.807) is 23.9 Å². The minimum absolute atomic E-state index is 0.0231. The summed E-state index contributed by atoms with van der Waals surface area (Å²) in [5, 5.41) is 19.7. The molecule has 3 rings (SSSR count). The van der Waals surface area contributed by atoms with Crippen LogP contribution in [0.2, 0.25) is 0 Å². The topological polar surface area (TPSA) is 95.7 Å². The van der Waals surface area contributed by atoms with E-state index in [2.05, 4.69) is 4.98 Å². The van der Waals surface area contributed by atoms with Gasteiger partial charge in [-0.25, -0.2) is 9.78 Å². The first-order chi connectivity index (χ1) is 9.91. The molecule has 2 N–H and O–H groups in total. The number of carboxylic acid groups (broad SMARTS) is 1. The molecule has 3 atom stereocenters. The molecule has 0 unspecified atom stereocenters. The predicted octanol–water partition coefficient (Wildman–Crippen LogP) is 0.420. The van der Waals surface area contributed by atoms with Crippen molar-refractivity contribution < 1.29 is 19.8 Å². The van der Waals surface area contributed by atoms with Gasteiger partial charge in [0.15, 0.2) is 5.16 Å². The summed E-state index contributed by atoms with van der Waals surface area (Å²) in [5.74, 6) is -1.95. The Kier molecular flexibility index (Phi) is 3.29. The molecule has 0 aromatic carbocycles. The Morgan fingerprint density at radius 3 is 2.81 bits per heavy atom. The third kappa shape index (κ3) is 2.06. The van der Waals surface area contributed by atoms with E-state index in [9.17, 15) is 19.8 Å². The number of aliphatic hydroxyl groups is 1. The van der Waals surface area contributed by atoms with Crippen LogP contribution in [0.3, 0.4) is 0 Å². The van der Waals surface area contributed by atoms with Crippen LogP contribution in [0.4, 0.5) is 0 Å². The van der Waals surface area contributed by atoms with Crippen molar-refractivity contribution in [3.63, 3.8) is 0 Å². The molecule has 0 spiro atoms. The zero-order valence-electron chi connectivity index (χ0n) is 11.6. The van der Waals surface area contributed by atoms with Crippen LogP contribution in [0, 0.1) is 5.92 Å². The van der Waals surface area contributed by atoms with Gasteiger partial charge in [0.2, 0.25) is 5.91 Å². The molecule has 2 aliphatic heterocycles. The Morgan fingerprint density at radius 2 is 2.29 bits per heavy atom. The summed E-state index contributed by atoms with van der Waals surface area (Å²) in [5.41, 5.74) is 0.0231. The average Bonchev–Trinajstić information content (AvgIpc) is 2.92. The molecule has 3 heterocycles. The lowest BCUT2D eigenvalue weighted by Crippen LogP contribution is -2.61. The fourth-order valence-electron chi connectivity index (χ4n) is 2.88. The lowest BCUT2D eigenvalue weighted by atomic mass is 9.83. The molecule has 1 saturated heterocycles. The Labute approximate surface area is 125 Å². The largest absolute Gasteiger partial charge is 0.477 e. The van der Waals surface area contributed by atoms with Gasteiger partial charge in [-0.1, -0.05) is 11.8 Å². The first-order valence-corrected chi connectivity index (χ1v) is 7.36. The molecule has 0 bridgehead atoms. The third-order valence-corrected chi connectivity index (χ3v) is 5.06. The summed E-state index contributed by atoms with van der Waals surface area (Å²) in [6.07, 6.45) is 3.08. The number of nitrogens with zero attached hydrogens (tertiary/aromatic N) is 3. The third-order valence-electron chi connectivity index (χ3n) is 3.88. The molecule has 1 fully saturated rings. The molecule has 2 aliphatic rings. The Morgan fingerprint density at radius 1 is 1.57 bits per heavy atom. The number of aryl methyl sites for hydroxylation is 1. The second-order valence-corrected chi connectivity index (χ2v) is 6.31. The van der Waals surface area contributed by atoms with Gasteiger partial charge in [-0.15, -0.1) is 0 Å². The maximum atomic E-state index is 12.1. The summed E-state index contributed by atoms with van der Waals surface area (Å²) in [6, 6.07) is -0.258. The minimum atomic E-state index is -1.12. The number of carbonyl (C=O) groups excluding carboxylic acids is 1. The molecule has 1 amide bonds. The molecule has 1 aromatic rings. The molecule has 112 valence electrons. The van der Waals surface area contributed by atoms with Crippen molar-refractivity contribution in [3.05, 3.63) is 23.0 Å². The number of rotatable bonds is 4. The number of carboxylic acids is 1. The van der Waals surface area contributed by atoms with E-state index in [0.29, 0.717) is 16.5 Å². The Balaban J connectivity index is 1.91. The summed E-state index contributed by atoms with van der Waals surface area (Å²) < 4.78 is 1.79. The quantitative estimate of drug-likeness (QED) is 0.783. The zero-order chi connectivity index (χ0) is 15.3. The van der Waals surface area contributed by atoms with Crippen LogP contribution in [-0.4, -0.2) is 48.7 Å². The molecule has 0 aliphatic carbocycles. The van der Waals surface area contributed by atoms with Crippen LogP contribution >= 0.6 is 11.8 Å². The van der Waals surface area contributed by atoms with Crippen LogP contribution in [0.25, 0.3) is 0 Å². The molecule has 8 heteroatoms. The maximum absolute atomic E-state index is 12.1. The van der Waals surface area contributed by atoms with Gasteiger partial charge in [-0.05, 0) is 6.92 Å². The van der Waals surface area contributed by atoms with Gasteiger partial charge in [-0.3, -0.25) is 4.79 Å². The number of hydrogen-bond acceptors (Lipinski definition) is 5. The Hall–Kier alpha value is -1.80. The van der Waals surface area contributed by atoms with Gasteiger partial charge < -0.3 is 19.7 Å². The highest BCUT2D eigenvalue weighted by molar-refractivity contribution is 8.03. The number of aliphatic carboxylic acids is 1. The first kappa shape index (κ1) is 14.2. The van der Waals surface area contributed by atoms with E-state index < -0.39 is 18.0 Å². The lowest BCUT2D eigenvalue weighted by Gasteiger charge is -2.44. The molecule has 0 saturated carbocycles. The highest BCUT2D eigenvalue weighted by atomic mass is 32.2. The van der Waals surface area contributed by atoms with Crippen LogP contribution in [0.15, 0.2) is 28.2 Å². The molecular formula is C13H15N3O4S. The number of aliphatic hydroxyl groups excluding tert-OH is 1. The van der Waals surface area contributed by atoms with Gasteiger partial charge >= 0.3 is 5.97 Å². The van der Waals surface area contributed by atoms with Gasteiger partial charge in [0.1, 0.15) is 5.70 Å². The van der Waals surface area contributed by atoms with Crippen LogP contribution < -0.4 is 0 Å². The minimum Gasteiger partial charge on any atom is -0.477 e. The van der Waals surface area contributed by atoms with Crippen molar-refractivity contribution in [1.29, 1.82) is 0 Å². The van der Waals surface area contributed by atoms with Crippen molar-refractivity contribution in [2.24, 2.45) is 13.0 Å². The molecular weight excluding hydrogens is 294 g/mol. The lowest BCUT2D eigenvalue weighted by molar-refractivity contribution is -0.161. The highest BCUT2D eigenvalue weighted by Gasteiger charge is 2.56. The number of thioether (sulfide) groups is 1. The molecule has 7 nitrogen and oxygen atoms in total. The van der Waals surface area contributed by atoms with Crippen LogP contribution in [0.5, 0.6) is 0 Å². The molecule has 1 aromatic heterocycles. The normalized spacial score (nSPS) is 25.9. The number of aromatic nitrogens is 2. The van der Waals surface area contributed by atoms with Crippen molar-refractivity contribution in [3.8, 4) is 0 Å². The summed E-state index contributed by atoms with van der Waals surface area (Å²) in [4.78, 5) is 29.6. The monoisotopic (exact) mass is 309 g/mol. The van der Waals surface area contributed by atoms with Crippen molar-refractivity contribution in [2.75, 3.05) is 0 Å². The molecule has 21 heavy (non-hydrogen) atoms. The smallest absolute Gasteiger partial charge is 0.353 e. The summed E-state index contributed by atoms with van der Waals surface area (Å²) >= 11 is 1.26. The predicted molar refractivity (Wildman–Crippen MR) is 74.1 cm³/mol. The number of carbonyl (C=O) groups is 2. The number of hydrogen-bond donors (Lipinski definition) is 2. The van der Waals surface area contributed by atoms with Gasteiger partial charge in [-0.2, -0.15) is 0 Å². The standard InChI is InChI=1S/C13H15N3O4S/c1-6(17)9-7-5-8(21-13-14-3-4-15(13)2)10(12(19)20)16(7)11(9)18/h3-4,6-7,9,17H,5H2,1-2H3,(H,19,20)/t6-,7+,9-/m0/s1. The van der Waals surface area contributed by atoms with Crippen LogP contribution in [-0.2, 0) is 16.6 Å². The second-order valence-electron chi connectivity index (χ2n) is 5.25. The van der Waals surface area contributed by atoms with E-state index in [-0.39, 0.29) is 17.6 Å². The van der Waals surface area contributed by atoms with Crippen molar-refractivity contribution in [1.82, 2.24) is 14.5 Å². The molecule has 0 radical (unpaired) electrons. The first-order valence-electron chi connectivity index (χ1n) is 6.54. The number of fused-ring (bicyclic) bond motifs is 1. The Bertz CT molecular complexity index is 652. The number of β-lactam (4-membered cyclic amide) rings is 1. The van der Waals surface area contributed by atoms with E-state index in [4.69, 9.17) is 0 Å². The van der Waals surface area contributed by atoms with Gasteiger partial charge in [0.25, 0.3) is 0 Å². The van der Waals surface area contributed by atoms with E-state index >= 15 is 0 Å².